The quantitative estimate of drug-likeness (QED) is 0.832. The number of carbonyl (C=O) groups excluding carboxylic acids is 1. The Labute approximate surface area is 132 Å². The summed E-state index contributed by atoms with van der Waals surface area (Å²) in [4.78, 5) is 15.4. The lowest BCUT2D eigenvalue weighted by Crippen LogP contribution is -2.49. The number of nitrogens with zero attached hydrogens (tertiary/aromatic N) is 3. The molecule has 0 aliphatic carbocycles. The first-order valence-corrected chi connectivity index (χ1v) is 7.28. The normalized spacial score (nSPS) is 17.4. The molecule has 0 radical (unpaired) electrons. The van der Waals surface area contributed by atoms with Crippen LogP contribution in [-0.2, 0) is 17.5 Å². The average Bonchev–Trinajstić information content (AvgIpc) is 2.86. The minimum atomic E-state index is -4.53. The molecule has 1 saturated heterocycles. The summed E-state index contributed by atoms with van der Waals surface area (Å²) in [5, 5.41) is 3.44. The van der Waals surface area contributed by atoms with Gasteiger partial charge in [-0.1, -0.05) is 5.16 Å². The van der Waals surface area contributed by atoms with Crippen molar-refractivity contribution in [2.75, 3.05) is 26.2 Å². The van der Waals surface area contributed by atoms with E-state index in [0.29, 0.717) is 26.2 Å². The van der Waals surface area contributed by atoms with E-state index in [1.54, 1.807) is 25.7 Å². The van der Waals surface area contributed by atoms with Crippen molar-refractivity contribution in [2.24, 2.45) is 0 Å². The third kappa shape index (κ3) is 5.12. The maximum atomic E-state index is 12.4. The van der Waals surface area contributed by atoms with Crippen LogP contribution >= 0.6 is 0 Å². The van der Waals surface area contributed by atoms with Gasteiger partial charge in [0.15, 0.2) is 0 Å². The minimum Gasteiger partial charge on any atom is -0.444 e. The smallest absolute Gasteiger partial charge is 0.444 e. The Morgan fingerprint density at radius 2 is 1.87 bits per heavy atom. The molecule has 0 bridgehead atoms. The van der Waals surface area contributed by atoms with Crippen LogP contribution in [-0.4, -0.2) is 52.8 Å². The standard InChI is InChI=1S/C14H20F3N3O3/c1-13(2,3)22-12(21)20-6-4-19(5-7-20)9-10-8-11(23-18-10)14(15,16)17/h8H,4-7,9H2,1-3H3. The van der Waals surface area contributed by atoms with Gasteiger partial charge < -0.3 is 14.2 Å². The van der Waals surface area contributed by atoms with Gasteiger partial charge in [-0.2, -0.15) is 13.2 Å². The highest BCUT2D eigenvalue weighted by atomic mass is 19.4. The summed E-state index contributed by atoms with van der Waals surface area (Å²) in [6.07, 6.45) is -4.90. The molecule has 1 amide bonds. The predicted octanol–water partition coefficient (Wildman–Crippen LogP) is 2.75. The zero-order valence-corrected chi connectivity index (χ0v) is 13.3. The van der Waals surface area contributed by atoms with Crippen LogP contribution < -0.4 is 0 Å². The molecule has 0 unspecified atom stereocenters. The number of hydrogen-bond acceptors (Lipinski definition) is 5. The van der Waals surface area contributed by atoms with E-state index < -0.39 is 17.5 Å². The van der Waals surface area contributed by atoms with E-state index >= 15 is 0 Å². The molecule has 0 atom stereocenters. The lowest BCUT2D eigenvalue weighted by atomic mass is 10.2. The molecule has 0 aromatic carbocycles. The van der Waals surface area contributed by atoms with Gasteiger partial charge in [0.25, 0.3) is 0 Å². The van der Waals surface area contributed by atoms with Gasteiger partial charge >= 0.3 is 12.3 Å². The van der Waals surface area contributed by atoms with E-state index in [-0.39, 0.29) is 18.3 Å². The van der Waals surface area contributed by atoms with Crippen molar-refractivity contribution in [3.8, 4) is 0 Å². The van der Waals surface area contributed by atoms with Gasteiger partial charge in [0.1, 0.15) is 5.60 Å². The van der Waals surface area contributed by atoms with Crippen LogP contribution in [0.1, 0.15) is 32.2 Å². The number of hydrogen-bond donors (Lipinski definition) is 0. The molecule has 0 N–H and O–H groups in total. The van der Waals surface area contributed by atoms with Crippen LogP contribution in [0.2, 0.25) is 0 Å². The number of piperazine rings is 1. The van der Waals surface area contributed by atoms with Gasteiger partial charge in [-0.25, -0.2) is 4.79 Å². The highest BCUT2D eigenvalue weighted by molar-refractivity contribution is 5.68. The summed E-state index contributed by atoms with van der Waals surface area (Å²) >= 11 is 0. The van der Waals surface area contributed by atoms with Crippen LogP contribution in [0, 0.1) is 0 Å². The largest absolute Gasteiger partial charge is 0.452 e. The monoisotopic (exact) mass is 335 g/mol. The molecule has 1 aliphatic heterocycles. The van der Waals surface area contributed by atoms with Gasteiger partial charge in [-0.3, -0.25) is 4.90 Å². The second kappa shape index (κ2) is 6.38. The lowest BCUT2D eigenvalue weighted by Gasteiger charge is -2.35. The van der Waals surface area contributed by atoms with Crippen LogP contribution in [0.15, 0.2) is 10.6 Å². The molecule has 1 fully saturated rings. The number of carbonyl (C=O) groups is 1. The first-order valence-electron chi connectivity index (χ1n) is 7.28. The lowest BCUT2D eigenvalue weighted by molar-refractivity contribution is -0.155. The third-order valence-electron chi connectivity index (χ3n) is 3.25. The molecule has 0 spiro atoms. The van der Waals surface area contributed by atoms with E-state index in [4.69, 9.17) is 4.74 Å². The van der Waals surface area contributed by atoms with Crippen molar-refractivity contribution in [1.29, 1.82) is 0 Å². The number of alkyl halides is 3. The molecule has 1 aromatic rings. The highest BCUT2D eigenvalue weighted by Gasteiger charge is 2.36. The van der Waals surface area contributed by atoms with Crippen LogP contribution in [0.25, 0.3) is 0 Å². The number of amides is 1. The summed E-state index contributed by atoms with van der Waals surface area (Å²) < 4.78 is 46.9. The van der Waals surface area contributed by atoms with Crippen LogP contribution in [0.5, 0.6) is 0 Å². The van der Waals surface area contributed by atoms with Crippen LogP contribution in [0.4, 0.5) is 18.0 Å². The molecule has 0 saturated carbocycles. The van der Waals surface area contributed by atoms with Gasteiger partial charge in [-0.15, -0.1) is 0 Å². The van der Waals surface area contributed by atoms with Crippen molar-refractivity contribution in [1.82, 2.24) is 15.0 Å². The fraction of sp³-hybridized carbons (Fsp3) is 0.714. The Morgan fingerprint density at radius 1 is 1.26 bits per heavy atom. The van der Waals surface area contributed by atoms with Gasteiger partial charge in [0.2, 0.25) is 5.76 Å². The second-order valence-corrected chi connectivity index (χ2v) is 6.42. The fourth-order valence-corrected chi connectivity index (χ4v) is 2.16. The fourth-order valence-electron chi connectivity index (χ4n) is 2.16. The van der Waals surface area contributed by atoms with Crippen molar-refractivity contribution in [3.63, 3.8) is 0 Å². The zero-order chi connectivity index (χ0) is 17.3. The maximum absolute atomic E-state index is 12.4. The average molecular weight is 335 g/mol. The Kier molecular flexibility index (Phi) is 4.88. The van der Waals surface area contributed by atoms with Gasteiger partial charge in [0.05, 0.1) is 5.69 Å². The number of aromatic nitrogens is 1. The van der Waals surface area contributed by atoms with Crippen LogP contribution in [0.3, 0.4) is 0 Å². The van der Waals surface area contributed by atoms with Gasteiger partial charge in [-0.05, 0) is 20.8 Å². The molecule has 2 rings (SSSR count). The summed E-state index contributed by atoms with van der Waals surface area (Å²) in [6.45, 7) is 7.62. The topological polar surface area (TPSA) is 58.8 Å². The van der Waals surface area contributed by atoms with E-state index in [2.05, 4.69) is 9.68 Å². The molecule has 23 heavy (non-hydrogen) atoms. The predicted molar refractivity (Wildman–Crippen MR) is 74.6 cm³/mol. The SMILES string of the molecule is CC(C)(C)OC(=O)N1CCN(Cc2cc(C(F)(F)F)on2)CC1. The molecular formula is C14H20F3N3O3. The van der Waals surface area contributed by atoms with Crippen molar-refractivity contribution < 1.29 is 27.2 Å². The number of ether oxygens (including phenoxy) is 1. The summed E-state index contributed by atoms with van der Waals surface area (Å²) in [5.74, 6) is -1.10. The number of rotatable bonds is 2. The van der Waals surface area contributed by atoms with E-state index in [1.165, 1.54) is 0 Å². The van der Waals surface area contributed by atoms with Crippen molar-refractivity contribution in [3.05, 3.63) is 17.5 Å². The third-order valence-corrected chi connectivity index (χ3v) is 3.25. The molecule has 6 nitrogen and oxygen atoms in total. The minimum absolute atomic E-state index is 0.225. The molecule has 1 aromatic heterocycles. The molecule has 9 heteroatoms. The molecule has 2 heterocycles. The zero-order valence-electron chi connectivity index (χ0n) is 13.3. The molecule has 130 valence electrons. The summed E-state index contributed by atoms with van der Waals surface area (Å²) in [7, 11) is 0. The maximum Gasteiger partial charge on any atom is 0.452 e. The van der Waals surface area contributed by atoms with E-state index in [1.807, 2.05) is 4.90 Å². The summed E-state index contributed by atoms with van der Waals surface area (Å²) in [6, 6.07) is 0.903. The molecular weight excluding hydrogens is 315 g/mol. The first-order chi connectivity index (χ1) is 10.5. The van der Waals surface area contributed by atoms with E-state index in [0.717, 1.165) is 6.07 Å². The van der Waals surface area contributed by atoms with Crippen molar-refractivity contribution >= 4 is 6.09 Å². The van der Waals surface area contributed by atoms with Gasteiger partial charge in [0, 0.05) is 38.8 Å². The molecule has 1 aliphatic rings. The second-order valence-electron chi connectivity index (χ2n) is 6.42. The Hall–Kier alpha value is -1.77. The first kappa shape index (κ1) is 17.6. The Morgan fingerprint density at radius 3 is 2.35 bits per heavy atom. The van der Waals surface area contributed by atoms with E-state index in [9.17, 15) is 18.0 Å². The highest BCUT2D eigenvalue weighted by Crippen LogP contribution is 2.29. The summed E-state index contributed by atoms with van der Waals surface area (Å²) in [5.41, 5.74) is -0.328. The van der Waals surface area contributed by atoms with Crippen molar-refractivity contribution in [2.45, 2.75) is 39.1 Å². The Bertz CT molecular complexity index is 543. The number of halogens is 3. The Balaban J connectivity index is 1.83.